The maximum Gasteiger partial charge on any atom is 0.263 e. The van der Waals surface area contributed by atoms with Crippen LogP contribution in [-0.2, 0) is 14.5 Å². The second kappa shape index (κ2) is 11.8. The van der Waals surface area contributed by atoms with Crippen LogP contribution in [0.3, 0.4) is 0 Å². The van der Waals surface area contributed by atoms with Crippen LogP contribution in [0.4, 0.5) is 39.1 Å². The van der Waals surface area contributed by atoms with Crippen molar-refractivity contribution in [3.05, 3.63) is 48.0 Å². The average Bonchev–Trinajstić information content (AvgIpc) is 2.78. The lowest BCUT2D eigenvalue weighted by Gasteiger charge is -2.26. The number of carbonyl (C=O) groups is 1. The molecular weight excluding hydrogens is 533 g/mol. The van der Waals surface area contributed by atoms with Crippen molar-refractivity contribution < 1.29 is 35.7 Å². The van der Waals surface area contributed by atoms with Crippen LogP contribution in [0.5, 0.6) is 5.75 Å². The van der Waals surface area contributed by atoms with Gasteiger partial charge < -0.3 is 19.7 Å². The van der Waals surface area contributed by atoms with Crippen LogP contribution in [0.15, 0.2) is 36.7 Å². The Balaban J connectivity index is 1.93. The summed E-state index contributed by atoms with van der Waals surface area (Å²) in [5.41, 5.74) is 1.87. The van der Waals surface area contributed by atoms with Gasteiger partial charge in [0.2, 0.25) is 0 Å². The third-order valence-electron chi connectivity index (χ3n) is 5.15. The summed E-state index contributed by atoms with van der Waals surface area (Å²) in [4.78, 5) is 21.4. The molecule has 2 atom stereocenters. The van der Waals surface area contributed by atoms with Gasteiger partial charge in [-0.2, -0.15) is 0 Å². The summed E-state index contributed by atoms with van der Waals surface area (Å²) in [6.45, 7) is 0.560. The lowest BCUT2D eigenvalue weighted by atomic mass is 10.1. The maximum absolute atomic E-state index is 14.1. The van der Waals surface area contributed by atoms with E-state index < -0.39 is 53.5 Å². The first-order chi connectivity index (χ1) is 17.7. The number of nitrogens with one attached hydrogen (secondary N) is 2. The van der Waals surface area contributed by atoms with Crippen molar-refractivity contribution in [1.82, 2.24) is 14.9 Å². The summed E-state index contributed by atoms with van der Waals surface area (Å²) in [6.07, 6.45) is -4.83. The molecule has 0 aliphatic heterocycles. The third-order valence-corrected chi connectivity index (χ3v) is 5.81. The minimum Gasteiger partial charge on any atom is -0.479 e. The summed E-state index contributed by atoms with van der Waals surface area (Å²) < 4.78 is 85.8. The Kier molecular flexibility index (Phi) is 8.97. The van der Waals surface area contributed by atoms with Gasteiger partial charge in [-0.3, -0.25) is 4.79 Å². The van der Waals surface area contributed by atoms with Crippen molar-refractivity contribution in [2.45, 2.75) is 32.8 Å². The molecule has 0 saturated carbocycles. The number of hydrogen-bond acceptors (Lipinski definition) is 6. The Labute approximate surface area is 216 Å². The SMILES string of the molecule is C=S(C)(=O)Nc1cc(C)c2c(Nc3ccc(F)cc3O[C@H](C)C(=O)N(CC(F)F)CC(F)F)ncnc2c1. The molecule has 14 heteroatoms. The highest BCUT2D eigenvalue weighted by Gasteiger charge is 2.28. The standard InChI is InChI=1S/C24H26F5N5O3S/c1-13-7-16(33-38(3,4)36)9-18-22(13)23(31-12-30-18)32-17-6-5-15(25)8-19(17)37-14(2)24(35)34(10-20(26)27)11-21(28)29/h5-9,12,14,20-21H,3,10-11H2,1-2,4H3,(H,33,36)(H,30,31,32)/t14-,38?/m1/s1. The molecule has 38 heavy (non-hydrogen) atoms. The first kappa shape index (κ1) is 28.9. The van der Waals surface area contributed by atoms with E-state index in [0.717, 1.165) is 12.1 Å². The molecule has 206 valence electrons. The molecule has 1 heterocycles. The van der Waals surface area contributed by atoms with Crippen molar-refractivity contribution in [1.29, 1.82) is 0 Å². The zero-order chi connectivity index (χ0) is 28.2. The van der Waals surface area contributed by atoms with Crippen LogP contribution in [0.2, 0.25) is 0 Å². The molecule has 1 aromatic heterocycles. The second-order valence-corrected chi connectivity index (χ2v) is 10.8. The van der Waals surface area contributed by atoms with Crippen molar-refractivity contribution in [3.8, 4) is 5.75 Å². The van der Waals surface area contributed by atoms with E-state index in [1.165, 1.54) is 25.6 Å². The summed E-state index contributed by atoms with van der Waals surface area (Å²) >= 11 is 0. The molecule has 0 aliphatic carbocycles. The van der Waals surface area contributed by atoms with Crippen LogP contribution in [0, 0.1) is 12.7 Å². The molecule has 0 saturated heterocycles. The monoisotopic (exact) mass is 559 g/mol. The fraction of sp³-hybridized carbons (Fsp3) is 0.333. The van der Waals surface area contributed by atoms with Gasteiger partial charge in [-0.1, -0.05) is 0 Å². The number of nitrogens with zero attached hydrogens (tertiary/aromatic N) is 3. The molecular formula is C24H26F5N5O3S. The van der Waals surface area contributed by atoms with E-state index in [1.54, 1.807) is 19.1 Å². The molecule has 1 unspecified atom stereocenters. The van der Waals surface area contributed by atoms with E-state index in [4.69, 9.17) is 4.74 Å². The summed E-state index contributed by atoms with van der Waals surface area (Å²) in [6, 6.07) is 6.75. The highest BCUT2D eigenvalue weighted by molar-refractivity contribution is 8.00. The fourth-order valence-electron chi connectivity index (χ4n) is 3.70. The van der Waals surface area contributed by atoms with Gasteiger partial charge in [0.25, 0.3) is 18.8 Å². The molecule has 2 N–H and O–H groups in total. The lowest BCUT2D eigenvalue weighted by Crippen LogP contribution is -2.45. The van der Waals surface area contributed by atoms with E-state index in [-0.39, 0.29) is 11.4 Å². The fourth-order valence-corrected chi connectivity index (χ4v) is 4.32. The van der Waals surface area contributed by atoms with E-state index in [9.17, 15) is 31.0 Å². The van der Waals surface area contributed by atoms with Gasteiger partial charge in [-0.25, -0.2) is 36.1 Å². The number of fused-ring (bicyclic) bond motifs is 1. The summed E-state index contributed by atoms with van der Waals surface area (Å²) in [7, 11) is -2.54. The van der Waals surface area contributed by atoms with E-state index in [2.05, 4.69) is 25.9 Å². The first-order valence-electron chi connectivity index (χ1n) is 11.2. The van der Waals surface area contributed by atoms with Gasteiger partial charge in [-0.05, 0) is 49.5 Å². The molecule has 1 amide bonds. The van der Waals surface area contributed by atoms with Gasteiger partial charge in [-0.15, -0.1) is 0 Å². The molecule has 0 radical (unpaired) electrons. The number of rotatable bonds is 11. The number of alkyl halides is 4. The van der Waals surface area contributed by atoms with Crippen molar-refractivity contribution >= 4 is 49.6 Å². The number of aromatic nitrogens is 2. The molecule has 8 nitrogen and oxygen atoms in total. The van der Waals surface area contributed by atoms with Gasteiger partial charge in [0.1, 0.15) is 23.7 Å². The van der Waals surface area contributed by atoms with Gasteiger partial charge in [0.15, 0.2) is 6.10 Å². The zero-order valence-electron chi connectivity index (χ0n) is 20.7. The number of amides is 1. The number of aryl methyl sites for hydroxylation is 1. The predicted molar refractivity (Wildman–Crippen MR) is 137 cm³/mol. The topological polar surface area (TPSA) is 96.5 Å². The highest BCUT2D eigenvalue weighted by atomic mass is 32.2. The molecule has 0 aliphatic rings. The van der Waals surface area contributed by atoms with Gasteiger partial charge in [0, 0.05) is 33.1 Å². The number of ether oxygens (including phenoxy) is 1. The van der Waals surface area contributed by atoms with E-state index in [0.29, 0.717) is 32.9 Å². The smallest absolute Gasteiger partial charge is 0.263 e. The van der Waals surface area contributed by atoms with E-state index >= 15 is 0 Å². The summed E-state index contributed by atoms with van der Waals surface area (Å²) in [5.74, 6) is 1.85. The molecule has 3 aromatic rings. The predicted octanol–water partition coefficient (Wildman–Crippen LogP) is 4.62. The number of carbonyl (C=O) groups excluding carboxylic acids is 1. The van der Waals surface area contributed by atoms with Crippen LogP contribution in [-0.4, -0.2) is 69.2 Å². The zero-order valence-corrected chi connectivity index (χ0v) is 21.5. The normalized spacial score (nSPS) is 13.8. The first-order valence-corrected chi connectivity index (χ1v) is 13.3. The number of hydrogen-bond donors (Lipinski definition) is 2. The van der Waals surface area contributed by atoms with Gasteiger partial charge in [0.05, 0.1) is 24.3 Å². The van der Waals surface area contributed by atoms with Crippen LogP contribution in [0.25, 0.3) is 10.9 Å². The Morgan fingerprint density at radius 1 is 1.13 bits per heavy atom. The Bertz CT molecular complexity index is 1410. The minimum atomic E-state index is -3.03. The largest absolute Gasteiger partial charge is 0.479 e. The van der Waals surface area contributed by atoms with Crippen LogP contribution in [0.1, 0.15) is 12.5 Å². The van der Waals surface area contributed by atoms with E-state index in [1.807, 2.05) is 0 Å². The Morgan fingerprint density at radius 2 is 1.79 bits per heavy atom. The lowest BCUT2D eigenvalue weighted by molar-refractivity contribution is -0.142. The number of halogens is 5. The van der Waals surface area contributed by atoms with Crippen LogP contribution < -0.4 is 14.8 Å². The number of benzene rings is 2. The van der Waals surface area contributed by atoms with Gasteiger partial charge >= 0.3 is 0 Å². The maximum atomic E-state index is 14.1. The molecule has 0 fully saturated rings. The third kappa shape index (κ3) is 7.66. The molecule has 0 spiro atoms. The van der Waals surface area contributed by atoms with Crippen molar-refractivity contribution in [2.75, 3.05) is 29.4 Å². The van der Waals surface area contributed by atoms with Crippen molar-refractivity contribution in [3.63, 3.8) is 0 Å². The number of anilines is 3. The molecule has 0 bridgehead atoms. The average molecular weight is 560 g/mol. The second-order valence-electron chi connectivity index (χ2n) is 8.57. The van der Waals surface area contributed by atoms with Crippen molar-refractivity contribution in [2.24, 2.45) is 0 Å². The molecule has 3 rings (SSSR count). The minimum absolute atomic E-state index is 0.163. The van der Waals surface area contributed by atoms with Crippen LogP contribution >= 0.6 is 0 Å². The quantitative estimate of drug-likeness (QED) is 0.263. The Hall–Kier alpha value is -3.68. The Morgan fingerprint density at radius 3 is 2.39 bits per heavy atom. The summed E-state index contributed by atoms with van der Waals surface area (Å²) in [5, 5.41) is 3.57. The highest BCUT2D eigenvalue weighted by Crippen LogP contribution is 2.33. The molecule has 2 aromatic carbocycles.